The summed E-state index contributed by atoms with van der Waals surface area (Å²) < 4.78 is 36.4. The van der Waals surface area contributed by atoms with Crippen LogP contribution in [-0.2, 0) is 21.1 Å². The van der Waals surface area contributed by atoms with Gasteiger partial charge in [-0.1, -0.05) is 6.07 Å². The number of nitrogens with one attached hydrogen (secondary N) is 1. The molecule has 0 bridgehead atoms. The Hall–Kier alpha value is -0.790. The predicted molar refractivity (Wildman–Crippen MR) is 77.9 cm³/mol. The summed E-state index contributed by atoms with van der Waals surface area (Å²) in [5, 5.41) is 3.04. The fraction of sp³-hybridized carbons (Fsp3) is 0.462. The Labute approximate surface area is 125 Å². The molecule has 1 aromatic carbocycles. The lowest BCUT2D eigenvalue weighted by atomic mass is 10.0. The number of benzene rings is 1. The van der Waals surface area contributed by atoms with Gasteiger partial charge in [0.1, 0.15) is 11.6 Å². The Kier molecular flexibility index (Phi) is 4.93. The van der Waals surface area contributed by atoms with Crippen LogP contribution in [0.25, 0.3) is 0 Å². The second kappa shape index (κ2) is 6.32. The van der Waals surface area contributed by atoms with Crippen molar-refractivity contribution >= 4 is 31.6 Å². The molecule has 1 saturated heterocycles. The first-order valence-corrected chi connectivity index (χ1v) is 8.86. The molecule has 1 aromatic rings. The van der Waals surface area contributed by atoms with Crippen LogP contribution >= 0.6 is 15.9 Å². The maximum absolute atomic E-state index is 13.1. The molecule has 0 spiro atoms. The minimum atomic E-state index is -3.03. The van der Waals surface area contributed by atoms with Crippen molar-refractivity contribution < 1.29 is 17.6 Å². The van der Waals surface area contributed by atoms with Crippen LogP contribution in [0.2, 0.25) is 0 Å². The summed E-state index contributed by atoms with van der Waals surface area (Å²) in [6.45, 7) is 0.391. The monoisotopic (exact) mass is 363 g/mol. The summed E-state index contributed by atoms with van der Waals surface area (Å²) in [4.78, 5) is 11.9. The zero-order valence-corrected chi connectivity index (χ0v) is 13.1. The van der Waals surface area contributed by atoms with Gasteiger partial charge in [0.2, 0.25) is 0 Å². The smallest absolute Gasteiger partial charge is 0.153 e. The van der Waals surface area contributed by atoms with Gasteiger partial charge in [0.05, 0.1) is 16.0 Å². The number of ketones is 1. The molecule has 1 atom stereocenters. The summed E-state index contributed by atoms with van der Waals surface area (Å²) >= 11 is 3.07. The molecule has 0 aromatic heterocycles. The van der Waals surface area contributed by atoms with E-state index >= 15 is 0 Å². The SMILES string of the molecule is O=C(Cc1ccc(F)c(Br)c1)CC1CS(=O)(=O)CCN1. The van der Waals surface area contributed by atoms with Crippen molar-refractivity contribution in [2.45, 2.75) is 18.9 Å². The van der Waals surface area contributed by atoms with Crippen LogP contribution in [-0.4, -0.2) is 38.3 Å². The lowest BCUT2D eigenvalue weighted by Crippen LogP contribution is -2.46. The largest absolute Gasteiger partial charge is 0.312 e. The third-order valence-corrected chi connectivity index (χ3v) is 5.50. The van der Waals surface area contributed by atoms with Crippen molar-refractivity contribution in [3.05, 3.63) is 34.1 Å². The summed E-state index contributed by atoms with van der Waals surface area (Å²) in [7, 11) is -3.03. The Balaban J connectivity index is 1.93. The normalized spacial score (nSPS) is 21.6. The van der Waals surface area contributed by atoms with Crippen molar-refractivity contribution in [2.24, 2.45) is 0 Å². The second-order valence-corrected chi connectivity index (χ2v) is 8.02. The van der Waals surface area contributed by atoms with Gasteiger partial charge >= 0.3 is 0 Å². The van der Waals surface area contributed by atoms with Gasteiger partial charge in [-0.2, -0.15) is 0 Å². The van der Waals surface area contributed by atoms with E-state index in [0.717, 1.165) is 0 Å². The molecule has 0 amide bonds. The molecule has 2 rings (SSSR count). The van der Waals surface area contributed by atoms with Crippen LogP contribution in [0.3, 0.4) is 0 Å². The maximum atomic E-state index is 13.1. The van der Waals surface area contributed by atoms with E-state index in [1.165, 1.54) is 6.07 Å². The first-order valence-electron chi connectivity index (χ1n) is 6.25. The third kappa shape index (κ3) is 4.36. The van der Waals surface area contributed by atoms with E-state index in [2.05, 4.69) is 21.2 Å². The van der Waals surface area contributed by atoms with Gasteiger partial charge in [-0.15, -0.1) is 0 Å². The standard InChI is InChI=1S/C13H15BrFNO3S/c14-12-6-9(1-2-13(12)15)5-11(17)7-10-8-20(18,19)4-3-16-10/h1-2,6,10,16H,3-5,7-8H2. The van der Waals surface area contributed by atoms with Gasteiger partial charge in [0.25, 0.3) is 0 Å². The predicted octanol–water partition coefficient (Wildman–Crippen LogP) is 1.48. The zero-order valence-electron chi connectivity index (χ0n) is 10.7. The number of halogens is 2. The fourth-order valence-corrected chi connectivity index (χ4v) is 4.09. The molecule has 110 valence electrons. The molecule has 0 radical (unpaired) electrons. The highest BCUT2D eigenvalue weighted by Crippen LogP contribution is 2.18. The molecule has 1 unspecified atom stereocenters. The van der Waals surface area contributed by atoms with Crippen LogP contribution < -0.4 is 5.32 Å². The van der Waals surface area contributed by atoms with Gasteiger partial charge < -0.3 is 5.32 Å². The highest BCUT2D eigenvalue weighted by molar-refractivity contribution is 9.10. The van der Waals surface area contributed by atoms with Crippen molar-refractivity contribution in [3.63, 3.8) is 0 Å². The topological polar surface area (TPSA) is 63.2 Å². The summed E-state index contributed by atoms with van der Waals surface area (Å²) in [5.41, 5.74) is 0.710. The molecular formula is C13H15BrFNO3S. The van der Waals surface area contributed by atoms with Crippen molar-refractivity contribution in [2.75, 3.05) is 18.1 Å². The molecule has 1 fully saturated rings. The molecule has 4 nitrogen and oxygen atoms in total. The first kappa shape index (κ1) is 15.6. The number of carbonyl (C=O) groups excluding carboxylic acids is 1. The summed E-state index contributed by atoms with van der Waals surface area (Å²) in [6.07, 6.45) is 0.353. The van der Waals surface area contributed by atoms with Crippen LogP contribution in [0.5, 0.6) is 0 Å². The quantitative estimate of drug-likeness (QED) is 0.879. The Morgan fingerprint density at radius 2 is 2.20 bits per heavy atom. The van der Waals surface area contributed by atoms with Crippen LogP contribution in [0, 0.1) is 5.82 Å². The number of carbonyl (C=O) groups is 1. The van der Waals surface area contributed by atoms with Crippen molar-refractivity contribution in [1.82, 2.24) is 5.32 Å². The number of hydrogen-bond acceptors (Lipinski definition) is 4. The Morgan fingerprint density at radius 1 is 1.45 bits per heavy atom. The van der Waals surface area contributed by atoms with E-state index in [-0.39, 0.29) is 42.0 Å². The van der Waals surface area contributed by atoms with E-state index < -0.39 is 9.84 Å². The van der Waals surface area contributed by atoms with Crippen LogP contribution in [0.4, 0.5) is 4.39 Å². The van der Waals surface area contributed by atoms with Gasteiger partial charge in [0, 0.05) is 25.4 Å². The van der Waals surface area contributed by atoms with Crippen molar-refractivity contribution in [1.29, 1.82) is 0 Å². The number of hydrogen-bond donors (Lipinski definition) is 1. The maximum Gasteiger partial charge on any atom is 0.153 e. The zero-order chi connectivity index (χ0) is 14.8. The molecule has 0 aliphatic carbocycles. The van der Waals surface area contributed by atoms with E-state index in [1.54, 1.807) is 12.1 Å². The fourth-order valence-electron chi connectivity index (χ4n) is 2.22. The average molecular weight is 364 g/mol. The van der Waals surface area contributed by atoms with Gasteiger partial charge in [-0.3, -0.25) is 4.79 Å². The van der Waals surface area contributed by atoms with Gasteiger partial charge in [-0.05, 0) is 33.6 Å². The van der Waals surface area contributed by atoms with Gasteiger partial charge in [0.15, 0.2) is 9.84 Å². The molecule has 1 aliphatic heterocycles. The third-order valence-electron chi connectivity index (χ3n) is 3.16. The first-order chi connectivity index (χ1) is 9.35. The molecule has 1 heterocycles. The summed E-state index contributed by atoms with van der Waals surface area (Å²) in [6, 6.07) is 4.11. The van der Waals surface area contributed by atoms with E-state index in [1.807, 2.05) is 0 Å². The minimum absolute atomic E-state index is 0.00581. The highest BCUT2D eigenvalue weighted by Gasteiger charge is 2.25. The average Bonchev–Trinajstić information content (AvgIpc) is 2.32. The summed E-state index contributed by atoms with van der Waals surface area (Å²) in [5.74, 6) is -0.298. The molecule has 20 heavy (non-hydrogen) atoms. The number of sulfone groups is 1. The molecular weight excluding hydrogens is 349 g/mol. The second-order valence-electron chi connectivity index (χ2n) is 4.93. The molecule has 1 N–H and O–H groups in total. The molecule has 1 aliphatic rings. The Bertz CT molecular complexity index is 618. The van der Waals surface area contributed by atoms with Crippen LogP contribution in [0.1, 0.15) is 12.0 Å². The van der Waals surface area contributed by atoms with Gasteiger partial charge in [-0.25, -0.2) is 12.8 Å². The highest BCUT2D eigenvalue weighted by atomic mass is 79.9. The van der Waals surface area contributed by atoms with Crippen molar-refractivity contribution in [3.8, 4) is 0 Å². The minimum Gasteiger partial charge on any atom is -0.312 e. The van der Waals surface area contributed by atoms with E-state index in [9.17, 15) is 17.6 Å². The lowest BCUT2D eigenvalue weighted by molar-refractivity contribution is -0.118. The lowest BCUT2D eigenvalue weighted by Gasteiger charge is -2.23. The molecule has 0 saturated carbocycles. The number of Topliss-reactive ketones (excluding diaryl/α,β-unsaturated/α-hetero) is 1. The Morgan fingerprint density at radius 3 is 2.85 bits per heavy atom. The molecule has 7 heteroatoms. The van der Waals surface area contributed by atoms with E-state index in [4.69, 9.17) is 0 Å². The van der Waals surface area contributed by atoms with Crippen LogP contribution in [0.15, 0.2) is 22.7 Å². The van der Waals surface area contributed by atoms with E-state index in [0.29, 0.717) is 16.6 Å². The number of rotatable bonds is 4.